The molecule has 2 N–H and O–H groups in total. The molecule has 5 nitrogen and oxygen atoms in total. The Kier molecular flexibility index (Phi) is 11.1. The molecule has 0 radical (unpaired) electrons. The first-order valence-electron chi connectivity index (χ1n) is 9.70. The lowest BCUT2D eigenvalue weighted by molar-refractivity contribution is 0.0732. The van der Waals surface area contributed by atoms with E-state index in [1.165, 1.54) is 57.9 Å². The van der Waals surface area contributed by atoms with Crippen molar-refractivity contribution >= 4 is 5.96 Å². The Bertz CT molecular complexity index is 340. The number of nitrogens with zero attached hydrogens (tertiary/aromatic N) is 2. The van der Waals surface area contributed by atoms with Crippen LogP contribution in [0.25, 0.3) is 0 Å². The van der Waals surface area contributed by atoms with E-state index in [4.69, 9.17) is 4.74 Å². The van der Waals surface area contributed by atoms with Gasteiger partial charge in [0.1, 0.15) is 0 Å². The van der Waals surface area contributed by atoms with Crippen LogP contribution in [0.4, 0.5) is 0 Å². The fraction of sp³-hybridized carbons (Fsp3) is 0.947. The number of methoxy groups -OCH3 is 1. The van der Waals surface area contributed by atoms with Crippen LogP contribution in [-0.4, -0.2) is 65.4 Å². The molecule has 0 aromatic carbocycles. The normalized spacial score (nSPS) is 17.0. The minimum absolute atomic E-state index is 0.431. The Morgan fingerprint density at radius 3 is 2.38 bits per heavy atom. The van der Waals surface area contributed by atoms with Gasteiger partial charge in [0.15, 0.2) is 5.96 Å². The summed E-state index contributed by atoms with van der Waals surface area (Å²) >= 11 is 0. The van der Waals surface area contributed by atoms with Crippen LogP contribution in [0.5, 0.6) is 0 Å². The van der Waals surface area contributed by atoms with E-state index >= 15 is 0 Å². The summed E-state index contributed by atoms with van der Waals surface area (Å²) in [6.07, 6.45) is 11.6. The van der Waals surface area contributed by atoms with Crippen LogP contribution >= 0.6 is 0 Å². The molecule has 142 valence electrons. The minimum Gasteiger partial charge on any atom is -0.385 e. The maximum Gasteiger partial charge on any atom is 0.190 e. The van der Waals surface area contributed by atoms with E-state index in [-0.39, 0.29) is 0 Å². The molecule has 24 heavy (non-hydrogen) atoms. The van der Waals surface area contributed by atoms with Gasteiger partial charge in [-0.25, -0.2) is 0 Å². The maximum absolute atomic E-state index is 5.26. The predicted molar refractivity (Wildman–Crippen MR) is 104 cm³/mol. The summed E-state index contributed by atoms with van der Waals surface area (Å²) in [6, 6.07) is 0. The average Bonchev–Trinajstić information content (AvgIpc) is 2.53. The largest absolute Gasteiger partial charge is 0.385 e. The summed E-state index contributed by atoms with van der Waals surface area (Å²) in [4.78, 5) is 6.62. The fourth-order valence-corrected chi connectivity index (χ4v) is 3.29. The van der Waals surface area contributed by atoms with Crippen molar-refractivity contribution in [2.75, 3.05) is 54.5 Å². The lowest BCUT2D eigenvalue weighted by atomic mass is 9.67. The van der Waals surface area contributed by atoms with E-state index < -0.39 is 0 Å². The first kappa shape index (κ1) is 21.2. The molecule has 0 heterocycles. The molecule has 0 aliphatic heterocycles. The van der Waals surface area contributed by atoms with Gasteiger partial charge in [-0.2, -0.15) is 0 Å². The monoisotopic (exact) mass is 340 g/mol. The van der Waals surface area contributed by atoms with E-state index in [2.05, 4.69) is 34.6 Å². The number of guanidine groups is 1. The van der Waals surface area contributed by atoms with Crippen LogP contribution in [0.2, 0.25) is 0 Å². The molecular formula is C19H40N4O. The quantitative estimate of drug-likeness (QED) is 0.307. The first-order chi connectivity index (χ1) is 11.6. The smallest absolute Gasteiger partial charge is 0.190 e. The number of unbranched alkanes of at least 4 members (excludes halogenated alkanes) is 4. The predicted octanol–water partition coefficient (Wildman–Crippen LogP) is 2.87. The highest BCUT2D eigenvalue weighted by molar-refractivity contribution is 5.79. The van der Waals surface area contributed by atoms with Gasteiger partial charge < -0.3 is 20.3 Å². The highest BCUT2D eigenvalue weighted by Gasteiger charge is 2.36. The van der Waals surface area contributed by atoms with E-state index in [0.29, 0.717) is 5.41 Å². The zero-order valence-corrected chi connectivity index (χ0v) is 16.5. The van der Waals surface area contributed by atoms with Crippen LogP contribution in [0.15, 0.2) is 4.99 Å². The van der Waals surface area contributed by atoms with Crippen LogP contribution < -0.4 is 10.6 Å². The molecule has 1 saturated carbocycles. The summed E-state index contributed by atoms with van der Waals surface area (Å²) in [5.41, 5.74) is 0.431. The van der Waals surface area contributed by atoms with E-state index in [1.54, 1.807) is 7.11 Å². The third-order valence-corrected chi connectivity index (χ3v) is 5.18. The van der Waals surface area contributed by atoms with E-state index in [9.17, 15) is 0 Å². The minimum atomic E-state index is 0.431. The summed E-state index contributed by atoms with van der Waals surface area (Å²) in [5, 5.41) is 6.98. The number of rotatable bonds is 13. The number of aliphatic imine (C=N–C) groups is 1. The Morgan fingerprint density at radius 1 is 1.08 bits per heavy atom. The first-order valence-corrected chi connectivity index (χ1v) is 9.70. The van der Waals surface area contributed by atoms with Gasteiger partial charge in [-0.15, -0.1) is 0 Å². The van der Waals surface area contributed by atoms with Crippen molar-refractivity contribution in [1.82, 2.24) is 15.5 Å². The Labute approximate surface area is 149 Å². The van der Waals surface area contributed by atoms with E-state index in [0.717, 1.165) is 32.1 Å². The molecule has 0 spiro atoms. The molecule has 0 amide bonds. The third-order valence-electron chi connectivity index (χ3n) is 5.18. The SMILES string of the molecule is CN=C(NCCCCCCCN(C)C)NCC1(CCOC)CCC1. The van der Waals surface area contributed by atoms with Crippen LogP contribution in [0, 0.1) is 5.41 Å². The number of ether oxygens (including phenoxy) is 1. The van der Waals surface area contributed by atoms with Crippen LogP contribution in [0.1, 0.15) is 57.8 Å². The fourth-order valence-electron chi connectivity index (χ4n) is 3.29. The van der Waals surface area contributed by atoms with Gasteiger partial charge in [-0.1, -0.05) is 25.7 Å². The number of nitrogens with one attached hydrogen (secondary N) is 2. The molecular weight excluding hydrogens is 300 g/mol. The van der Waals surface area contributed by atoms with Gasteiger partial charge in [-0.05, 0) is 58.2 Å². The number of hydrogen-bond donors (Lipinski definition) is 2. The summed E-state index contributed by atoms with van der Waals surface area (Å²) < 4.78 is 5.26. The second-order valence-electron chi connectivity index (χ2n) is 7.52. The van der Waals surface area contributed by atoms with Gasteiger partial charge in [0.25, 0.3) is 0 Å². The molecule has 1 aliphatic rings. The Hall–Kier alpha value is -0.810. The van der Waals surface area contributed by atoms with Gasteiger partial charge in [-0.3, -0.25) is 4.99 Å². The summed E-state index contributed by atoms with van der Waals surface area (Å²) in [6.45, 7) is 4.10. The van der Waals surface area contributed by atoms with Gasteiger partial charge >= 0.3 is 0 Å². The van der Waals surface area contributed by atoms with Gasteiger partial charge in [0.2, 0.25) is 0 Å². The van der Waals surface area contributed by atoms with Crippen molar-refractivity contribution in [2.45, 2.75) is 57.8 Å². The number of hydrogen-bond acceptors (Lipinski definition) is 3. The summed E-state index contributed by atoms with van der Waals surface area (Å²) in [7, 11) is 7.94. The summed E-state index contributed by atoms with van der Waals surface area (Å²) in [5.74, 6) is 0.950. The second-order valence-corrected chi connectivity index (χ2v) is 7.52. The van der Waals surface area contributed by atoms with Crippen molar-refractivity contribution in [3.8, 4) is 0 Å². The molecule has 0 bridgehead atoms. The van der Waals surface area contributed by atoms with Crippen molar-refractivity contribution in [1.29, 1.82) is 0 Å². The zero-order valence-electron chi connectivity index (χ0n) is 16.5. The van der Waals surface area contributed by atoms with Crippen molar-refractivity contribution < 1.29 is 4.74 Å². The van der Waals surface area contributed by atoms with E-state index in [1.807, 2.05) is 7.05 Å². The zero-order chi connectivity index (χ0) is 17.7. The molecule has 0 unspecified atom stereocenters. The van der Waals surface area contributed by atoms with Gasteiger partial charge in [0, 0.05) is 33.9 Å². The lowest BCUT2D eigenvalue weighted by Crippen LogP contribution is -2.47. The van der Waals surface area contributed by atoms with Gasteiger partial charge in [0.05, 0.1) is 0 Å². The molecule has 0 aromatic heterocycles. The third kappa shape index (κ3) is 8.88. The molecule has 1 fully saturated rings. The molecule has 0 aromatic rings. The molecule has 0 saturated heterocycles. The Balaban J connectivity index is 2.06. The maximum atomic E-state index is 5.26. The standard InChI is InChI=1S/C19H40N4O/c1-20-18(21-14-8-6-5-7-9-15-23(2)3)22-17-19(11-10-12-19)13-16-24-4/h5-17H2,1-4H3,(H2,20,21,22). The molecule has 5 heteroatoms. The average molecular weight is 341 g/mol. The van der Waals surface area contributed by atoms with Crippen molar-refractivity contribution in [3.63, 3.8) is 0 Å². The van der Waals surface area contributed by atoms with Crippen molar-refractivity contribution in [3.05, 3.63) is 0 Å². The van der Waals surface area contributed by atoms with Crippen LogP contribution in [0.3, 0.4) is 0 Å². The van der Waals surface area contributed by atoms with Crippen LogP contribution in [-0.2, 0) is 4.74 Å². The van der Waals surface area contributed by atoms with Crippen molar-refractivity contribution in [2.24, 2.45) is 10.4 Å². The molecule has 0 atom stereocenters. The highest BCUT2D eigenvalue weighted by Crippen LogP contribution is 2.43. The second kappa shape index (κ2) is 12.5. The Morgan fingerprint density at radius 2 is 1.79 bits per heavy atom. The lowest BCUT2D eigenvalue weighted by Gasteiger charge is -2.42. The topological polar surface area (TPSA) is 48.9 Å². The molecule has 1 rings (SSSR count). The molecule has 1 aliphatic carbocycles. The highest BCUT2D eigenvalue weighted by atomic mass is 16.5.